The highest BCUT2D eigenvalue weighted by Crippen LogP contribution is 2.47. The maximum Gasteiger partial charge on any atom is 0.319 e. The van der Waals surface area contributed by atoms with Gasteiger partial charge in [-0.3, -0.25) is 0 Å². The Kier molecular flexibility index (Phi) is 4.95. The van der Waals surface area contributed by atoms with Crippen LogP contribution >= 0.6 is 11.6 Å². The predicted octanol–water partition coefficient (Wildman–Crippen LogP) is 5.16. The molecule has 1 aliphatic carbocycles. The molecule has 1 aromatic carbocycles. The lowest BCUT2D eigenvalue weighted by Gasteiger charge is -2.13. The minimum absolute atomic E-state index is 0.142. The number of urea groups is 1. The minimum atomic E-state index is -0.467. The zero-order valence-corrected chi connectivity index (χ0v) is 15.1. The van der Waals surface area contributed by atoms with Gasteiger partial charge in [0.15, 0.2) is 0 Å². The van der Waals surface area contributed by atoms with Gasteiger partial charge in [-0.15, -0.1) is 0 Å². The Balaban J connectivity index is 1.72. The van der Waals surface area contributed by atoms with E-state index in [0.29, 0.717) is 17.1 Å². The van der Waals surface area contributed by atoms with Crippen molar-refractivity contribution in [3.05, 3.63) is 47.0 Å². The van der Waals surface area contributed by atoms with Gasteiger partial charge >= 0.3 is 6.03 Å². The van der Waals surface area contributed by atoms with Crippen LogP contribution in [-0.2, 0) is 0 Å². The number of aromatic nitrogens is 1. The van der Waals surface area contributed by atoms with Crippen LogP contribution in [0.1, 0.15) is 31.7 Å². The van der Waals surface area contributed by atoms with E-state index >= 15 is 0 Å². The van der Waals surface area contributed by atoms with Gasteiger partial charge in [-0.05, 0) is 72.6 Å². The van der Waals surface area contributed by atoms with E-state index in [9.17, 15) is 9.18 Å². The molecule has 2 aromatic rings. The fraction of sp³-hybridized carbons (Fsp3) is 0.368. The molecule has 1 saturated carbocycles. The lowest BCUT2D eigenvalue weighted by atomic mass is 10.0. The molecular weight excluding hydrogens is 341 g/mol. The van der Waals surface area contributed by atoms with E-state index in [1.807, 2.05) is 6.92 Å². The summed E-state index contributed by atoms with van der Waals surface area (Å²) in [5.41, 5.74) is 2.89. The predicted molar refractivity (Wildman–Crippen MR) is 98.4 cm³/mol. The van der Waals surface area contributed by atoms with Gasteiger partial charge in [0, 0.05) is 12.7 Å². The van der Waals surface area contributed by atoms with Crippen LogP contribution in [-0.4, -0.2) is 17.6 Å². The fourth-order valence-electron chi connectivity index (χ4n) is 2.76. The van der Waals surface area contributed by atoms with Crippen LogP contribution in [0.5, 0.6) is 0 Å². The summed E-state index contributed by atoms with van der Waals surface area (Å²) in [7, 11) is 0. The largest absolute Gasteiger partial charge is 0.338 e. The third kappa shape index (κ3) is 4.48. The second-order valence-electron chi connectivity index (χ2n) is 6.96. The fourth-order valence-corrected chi connectivity index (χ4v) is 2.93. The van der Waals surface area contributed by atoms with Gasteiger partial charge in [-0.1, -0.05) is 18.5 Å². The summed E-state index contributed by atoms with van der Waals surface area (Å²) in [5, 5.41) is 5.75. The SMILES string of the molecule is Cc1cc(F)c(NC(=O)NCCC2(C)CC2)cc1-c1ccnc(Cl)c1. The number of hydrogen-bond donors (Lipinski definition) is 2. The van der Waals surface area contributed by atoms with Gasteiger partial charge in [0.05, 0.1) is 5.69 Å². The van der Waals surface area contributed by atoms with Crippen LogP contribution in [0, 0.1) is 18.2 Å². The smallest absolute Gasteiger partial charge is 0.319 e. The third-order valence-corrected chi connectivity index (χ3v) is 4.92. The van der Waals surface area contributed by atoms with E-state index in [1.54, 1.807) is 24.4 Å². The Hall–Kier alpha value is -2.14. The third-order valence-electron chi connectivity index (χ3n) is 4.72. The summed E-state index contributed by atoms with van der Waals surface area (Å²) in [4.78, 5) is 16.0. The minimum Gasteiger partial charge on any atom is -0.338 e. The highest BCUT2D eigenvalue weighted by molar-refractivity contribution is 6.29. The molecule has 25 heavy (non-hydrogen) atoms. The number of nitrogens with zero attached hydrogens (tertiary/aromatic N) is 1. The van der Waals surface area contributed by atoms with E-state index in [4.69, 9.17) is 11.6 Å². The number of carbonyl (C=O) groups excluding carboxylic acids is 1. The molecule has 1 aliphatic rings. The Bertz CT molecular complexity index is 805. The molecule has 1 fully saturated rings. The highest BCUT2D eigenvalue weighted by atomic mass is 35.5. The lowest BCUT2D eigenvalue weighted by Crippen LogP contribution is -2.30. The van der Waals surface area contributed by atoms with Crippen molar-refractivity contribution in [2.45, 2.75) is 33.1 Å². The summed E-state index contributed by atoms with van der Waals surface area (Å²) in [5.74, 6) is -0.467. The molecule has 6 heteroatoms. The van der Waals surface area contributed by atoms with Crippen molar-refractivity contribution in [1.29, 1.82) is 0 Å². The van der Waals surface area contributed by atoms with Gasteiger partial charge in [0.1, 0.15) is 11.0 Å². The number of aryl methyl sites for hydroxylation is 1. The van der Waals surface area contributed by atoms with Gasteiger partial charge in [0.25, 0.3) is 0 Å². The van der Waals surface area contributed by atoms with Crippen molar-refractivity contribution in [1.82, 2.24) is 10.3 Å². The number of anilines is 1. The molecule has 0 saturated heterocycles. The molecule has 0 bridgehead atoms. The lowest BCUT2D eigenvalue weighted by molar-refractivity contribution is 0.251. The van der Waals surface area contributed by atoms with Crippen LogP contribution < -0.4 is 10.6 Å². The quantitative estimate of drug-likeness (QED) is 0.722. The molecular formula is C19H21ClFN3O. The van der Waals surface area contributed by atoms with Gasteiger partial charge in [-0.25, -0.2) is 14.2 Å². The van der Waals surface area contributed by atoms with Gasteiger partial charge in [0.2, 0.25) is 0 Å². The van der Waals surface area contributed by atoms with Gasteiger partial charge < -0.3 is 10.6 Å². The van der Waals surface area contributed by atoms with E-state index in [0.717, 1.165) is 23.1 Å². The molecule has 0 unspecified atom stereocenters. The van der Waals surface area contributed by atoms with Gasteiger partial charge in [-0.2, -0.15) is 0 Å². The second kappa shape index (κ2) is 7.00. The molecule has 1 heterocycles. The number of pyridine rings is 1. The maximum atomic E-state index is 14.2. The van der Waals surface area contributed by atoms with Crippen molar-refractivity contribution in [3.8, 4) is 11.1 Å². The first-order chi connectivity index (χ1) is 11.9. The zero-order chi connectivity index (χ0) is 18.0. The van der Waals surface area contributed by atoms with Crippen molar-refractivity contribution < 1.29 is 9.18 Å². The molecule has 4 nitrogen and oxygen atoms in total. The van der Waals surface area contributed by atoms with Crippen molar-refractivity contribution in [2.75, 3.05) is 11.9 Å². The van der Waals surface area contributed by atoms with E-state index < -0.39 is 11.8 Å². The maximum absolute atomic E-state index is 14.2. The zero-order valence-electron chi connectivity index (χ0n) is 14.3. The standard InChI is InChI=1S/C19H21ClFN3O/c1-12-9-15(21)16(11-14(12)13-3-7-22-17(20)10-13)24-18(25)23-8-6-19(2)4-5-19/h3,7,9-11H,4-6,8H2,1-2H3,(H2,23,24,25). The number of amides is 2. The average Bonchev–Trinajstić information content (AvgIpc) is 3.27. The molecule has 1 aromatic heterocycles. The Labute approximate surface area is 151 Å². The van der Waals surface area contributed by atoms with E-state index in [2.05, 4.69) is 22.5 Å². The first-order valence-electron chi connectivity index (χ1n) is 8.33. The first kappa shape index (κ1) is 17.7. The monoisotopic (exact) mass is 361 g/mol. The van der Waals surface area contributed by atoms with Crippen LogP contribution in [0.2, 0.25) is 5.15 Å². The van der Waals surface area contributed by atoms with Crippen molar-refractivity contribution >= 4 is 23.3 Å². The van der Waals surface area contributed by atoms with Crippen molar-refractivity contribution in [2.24, 2.45) is 5.41 Å². The Morgan fingerprint density at radius 1 is 1.36 bits per heavy atom. The number of rotatable bonds is 5. The van der Waals surface area contributed by atoms with E-state index in [-0.39, 0.29) is 5.69 Å². The van der Waals surface area contributed by atoms with Crippen LogP contribution in [0.15, 0.2) is 30.5 Å². The Morgan fingerprint density at radius 3 is 2.80 bits per heavy atom. The van der Waals surface area contributed by atoms with Crippen molar-refractivity contribution in [3.63, 3.8) is 0 Å². The highest BCUT2D eigenvalue weighted by Gasteiger charge is 2.36. The summed E-state index contributed by atoms with van der Waals surface area (Å²) in [6.45, 7) is 4.61. The molecule has 2 amide bonds. The number of benzene rings is 1. The van der Waals surface area contributed by atoms with E-state index in [1.165, 1.54) is 18.9 Å². The number of hydrogen-bond acceptors (Lipinski definition) is 2. The van der Waals surface area contributed by atoms with Crippen LogP contribution in [0.25, 0.3) is 11.1 Å². The molecule has 0 atom stereocenters. The first-order valence-corrected chi connectivity index (χ1v) is 8.71. The average molecular weight is 362 g/mol. The summed E-state index contributed by atoms with van der Waals surface area (Å²) in [6, 6.07) is 6.14. The summed E-state index contributed by atoms with van der Waals surface area (Å²) < 4.78 is 14.2. The number of nitrogens with one attached hydrogen (secondary N) is 2. The molecule has 132 valence electrons. The summed E-state index contributed by atoms with van der Waals surface area (Å²) >= 11 is 5.94. The molecule has 0 aliphatic heterocycles. The molecule has 0 spiro atoms. The van der Waals surface area contributed by atoms with Crippen LogP contribution in [0.3, 0.4) is 0 Å². The molecule has 2 N–H and O–H groups in total. The molecule has 3 rings (SSSR count). The normalized spacial score (nSPS) is 14.9. The number of halogens is 2. The second-order valence-corrected chi connectivity index (χ2v) is 7.34. The topological polar surface area (TPSA) is 54.0 Å². The molecule has 0 radical (unpaired) electrons. The number of carbonyl (C=O) groups is 1. The Morgan fingerprint density at radius 2 is 2.12 bits per heavy atom. The summed E-state index contributed by atoms with van der Waals surface area (Å²) in [6.07, 6.45) is 4.96. The van der Waals surface area contributed by atoms with Crippen LogP contribution in [0.4, 0.5) is 14.9 Å².